The van der Waals surface area contributed by atoms with Crippen LogP contribution in [0.15, 0.2) is 36.4 Å². The molecule has 0 saturated carbocycles. The Morgan fingerprint density at radius 2 is 1.14 bits per heavy atom. The van der Waals surface area contributed by atoms with E-state index in [1.165, 1.54) is 11.1 Å². The molecule has 0 spiro atoms. The molecule has 2 aliphatic rings. The Labute approximate surface area is 172 Å². The van der Waals surface area contributed by atoms with Gasteiger partial charge in [0.05, 0.1) is 0 Å². The predicted molar refractivity (Wildman–Crippen MR) is 111 cm³/mol. The molecule has 0 radical (unpaired) electrons. The first-order chi connectivity index (χ1) is 14.2. The Morgan fingerprint density at radius 1 is 0.690 bits per heavy atom. The largest absolute Gasteiger partial charge is 0.454 e. The molecular formula is C24H30O5. The van der Waals surface area contributed by atoms with Crippen LogP contribution in [-0.2, 0) is 17.6 Å². The van der Waals surface area contributed by atoms with Gasteiger partial charge < -0.3 is 23.7 Å². The molecule has 2 aliphatic heterocycles. The topological polar surface area (TPSA) is 46.2 Å². The summed E-state index contributed by atoms with van der Waals surface area (Å²) in [5.41, 5.74) is 2.58. The molecule has 29 heavy (non-hydrogen) atoms. The molecular weight excluding hydrogens is 368 g/mol. The lowest BCUT2D eigenvalue weighted by Gasteiger charge is -2.14. The lowest BCUT2D eigenvalue weighted by Crippen LogP contribution is -2.09. The third-order valence-electron chi connectivity index (χ3n) is 5.55. The van der Waals surface area contributed by atoms with Gasteiger partial charge in [-0.05, 0) is 72.9 Å². The standard InChI is InChI=1S/C24H30O5/c1-17(11-19-3-5-21-23(13-19)28-15-26-21)7-9-25-10-8-18(2)12-20-4-6-22-24(14-20)29-16-27-22/h3-6,13-14,17-18H,7-12,15-16H2,1-2H3. The maximum Gasteiger partial charge on any atom is 0.231 e. The van der Waals surface area contributed by atoms with Gasteiger partial charge in [-0.1, -0.05) is 26.0 Å². The average molecular weight is 398 g/mol. The molecule has 2 heterocycles. The molecule has 0 N–H and O–H groups in total. The van der Waals surface area contributed by atoms with Crippen molar-refractivity contribution in [2.45, 2.75) is 39.5 Å². The fourth-order valence-corrected chi connectivity index (χ4v) is 3.82. The summed E-state index contributed by atoms with van der Waals surface area (Å²) in [5, 5.41) is 0. The van der Waals surface area contributed by atoms with Crippen molar-refractivity contribution in [2.75, 3.05) is 26.8 Å². The molecule has 0 aliphatic carbocycles. The number of hydrogen-bond donors (Lipinski definition) is 0. The fourth-order valence-electron chi connectivity index (χ4n) is 3.82. The average Bonchev–Trinajstić information content (AvgIpc) is 3.36. The van der Waals surface area contributed by atoms with Gasteiger partial charge in [0.1, 0.15) is 0 Å². The first kappa shape index (κ1) is 19.9. The zero-order valence-electron chi connectivity index (χ0n) is 17.3. The Kier molecular flexibility index (Phi) is 6.45. The van der Waals surface area contributed by atoms with Gasteiger partial charge in [-0.3, -0.25) is 0 Å². The highest BCUT2D eigenvalue weighted by atomic mass is 16.7. The van der Waals surface area contributed by atoms with Gasteiger partial charge in [-0.2, -0.15) is 0 Å². The van der Waals surface area contributed by atoms with E-state index in [9.17, 15) is 0 Å². The van der Waals surface area contributed by atoms with Gasteiger partial charge in [-0.25, -0.2) is 0 Å². The third kappa shape index (κ3) is 5.36. The van der Waals surface area contributed by atoms with Gasteiger partial charge in [0.2, 0.25) is 13.6 Å². The van der Waals surface area contributed by atoms with E-state index in [1.54, 1.807) is 0 Å². The first-order valence-corrected chi connectivity index (χ1v) is 10.5. The van der Waals surface area contributed by atoms with Crippen molar-refractivity contribution in [3.05, 3.63) is 47.5 Å². The quantitative estimate of drug-likeness (QED) is 0.527. The van der Waals surface area contributed by atoms with Crippen LogP contribution in [0.1, 0.15) is 37.8 Å². The smallest absolute Gasteiger partial charge is 0.231 e. The number of rotatable bonds is 10. The second kappa shape index (κ2) is 9.40. The molecule has 0 amide bonds. The molecule has 0 fully saturated rings. The summed E-state index contributed by atoms with van der Waals surface area (Å²) >= 11 is 0. The van der Waals surface area contributed by atoms with Crippen LogP contribution < -0.4 is 18.9 Å². The van der Waals surface area contributed by atoms with Crippen molar-refractivity contribution in [2.24, 2.45) is 11.8 Å². The summed E-state index contributed by atoms with van der Waals surface area (Å²) in [7, 11) is 0. The van der Waals surface area contributed by atoms with Gasteiger partial charge >= 0.3 is 0 Å². The second-order valence-electron chi connectivity index (χ2n) is 8.18. The highest BCUT2D eigenvalue weighted by Crippen LogP contribution is 2.34. The Hall–Kier alpha value is -2.40. The SMILES string of the molecule is CC(CCOCCC(C)Cc1ccc2c(c1)OCO2)Cc1ccc2c(c1)OCO2. The van der Waals surface area contributed by atoms with Crippen molar-refractivity contribution in [3.63, 3.8) is 0 Å². The fraction of sp³-hybridized carbons (Fsp3) is 0.500. The lowest BCUT2D eigenvalue weighted by atomic mass is 9.97. The molecule has 0 bridgehead atoms. The lowest BCUT2D eigenvalue weighted by molar-refractivity contribution is 0.110. The highest BCUT2D eigenvalue weighted by Gasteiger charge is 2.15. The molecule has 5 nitrogen and oxygen atoms in total. The van der Waals surface area contributed by atoms with Crippen molar-refractivity contribution in [3.8, 4) is 23.0 Å². The van der Waals surface area contributed by atoms with Crippen LogP contribution in [0, 0.1) is 11.8 Å². The van der Waals surface area contributed by atoms with Crippen molar-refractivity contribution in [1.82, 2.24) is 0 Å². The zero-order valence-corrected chi connectivity index (χ0v) is 17.3. The van der Waals surface area contributed by atoms with E-state index < -0.39 is 0 Å². The summed E-state index contributed by atoms with van der Waals surface area (Å²) in [6, 6.07) is 12.4. The molecule has 0 aromatic heterocycles. The van der Waals surface area contributed by atoms with Gasteiger partial charge in [-0.15, -0.1) is 0 Å². The zero-order chi connectivity index (χ0) is 20.1. The van der Waals surface area contributed by atoms with Gasteiger partial charge in [0, 0.05) is 13.2 Å². The molecule has 2 unspecified atom stereocenters. The third-order valence-corrected chi connectivity index (χ3v) is 5.55. The maximum absolute atomic E-state index is 5.91. The van der Waals surface area contributed by atoms with Crippen molar-refractivity contribution < 1.29 is 23.7 Å². The minimum Gasteiger partial charge on any atom is -0.454 e. The minimum absolute atomic E-state index is 0.329. The Morgan fingerprint density at radius 3 is 1.62 bits per heavy atom. The van der Waals surface area contributed by atoms with Gasteiger partial charge in [0.25, 0.3) is 0 Å². The maximum atomic E-state index is 5.91. The monoisotopic (exact) mass is 398 g/mol. The molecule has 2 aromatic carbocycles. The Balaban J connectivity index is 1.11. The van der Waals surface area contributed by atoms with Crippen LogP contribution in [0.3, 0.4) is 0 Å². The predicted octanol–water partition coefficient (Wildman–Crippen LogP) is 5.00. The van der Waals surface area contributed by atoms with Crippen LogP contribution >= 0.6 is 0 Å². The van der Waals surface area contributed by atoms with Crippen LogP contribution in [0.2, 0.25) is 0 Å². The normalized spacial score (nSPS) is 16.1. The van der Waals surface area contributed by atoms with Gasteiger partial charge in [0.15, 0.2) is 23.0 Å². The molecule has 2 aromatic rings. The first-order valence-electron chi connectivity index (χ1n) is 10.5. The van der Waals surface area contributed by atoms with E-state index >= 15 is 0 Å². The minimum atomic E-state index is 0.329. The number of ether oxygens (including phenoxy) is 5. The summed E-state index contributed by atoms with van der Waals surface area (Å²) in [6.45, 7) is 6.82. The van der Waals surface area contributed by atoms with E-state index in [-0.39, 0.29) is 0 Å². The second-order valence-corrected chi connectivity index (χ2v) is 8.18. The van der Waals surface area contributed by atoms with E-state index in [2.05, 4.69) is 38.1 Å². The van der Waals surface area contributed by atoms with Crippen molar-refractivity contribution >= 4 is 0 Å². The highest BCUT2D eigenvalue weighted by molar-refractivity contribution is 5.45. The molecule has 0 saturated heterocycles. The molecule has 4 rings (SSSR count). The molecule has 2 atom stereocenters. The Bertz CT molecular complexity index is 751. The van der Waals surface area contributed by atoms with Crippen LogP contribution in [-0.4, -0.2) is 26.8 Å². The summed E-state index contributed by atoms with van der Waals surface area (Å²) in [6.07, 6.45) is 4.18. The van der Waals surface area contributed by atoms with Crippen LogP contribution in [0.25, 0.3) is 0 Å². The summed E-state index contributed by atoms with van der Waals surface area (Å²) in [5.74, 6) is 4.56. The van der Waals surface area contributed by atoms with E-state index in [0.29, 0.717) is 25.4 Å². The van der Waals surface area contributed by atoms with E-state index in [0.717, 1.165) is 61.9 Å². The number of hydrogen-bond acceptors (Lipinski definition) is 5. The number of fused-ring (bicyclic) bond motifs is 2. The molecule has 5 heteroatoms. The van der Waals surface area contributed by atoms with E-state index in [4.69, 9.17) is 23.7 Å². The van der Waals surface area contributed by atoms with E-state index in [1.807, 2.05) is 12.1 Å². The summed E-state index contributed by atoms with van der Waals surface area (Å²) in [4.78, 5) is 0. The number of benzene rings is 2. The van der Waals surface area contributed by atoms with Crippen LogP contribution in [0.4, 0.5) is 0 Å². The van der Waals surface area contributed by atoms with Crippen LogP contribution in [0.5, 0.6) is 23.0 Å². The van der Waals surface area contributed by atoms with Crippen molar-refractivity contribution in [1.29, 1.82) is 0 Å². The molecule has 156 valence electrons. The summed E-state index contributed by atoms with van der Waals surface area (Å²) < 4.78 is 27.6.